The molecule has 0 bridgehead atoms. The van der Waals surface area contributed by atoms with Crippen LogP contribution in [-0.4, -0.2) is 18.5 Å². The third-order valence-corrected chi connectivity index (χ3v) is 4.11. The minimum Gasteiger partial charge on any atom is -0.481 e. The largest absolute Gasteiger partial charge is 0.481 e. The fourth-order valence-electron chi connectivity index (χ4n) is 1.77. The summed E-state index contributed by atoms with van der Waals surface area (Å²) in [5.74, 6) is -0.757. The molecule has 0 unspecified atom stereocenters. The number of nitrogens with one attached hydrogen (secondary N) is 3. The maximum absolute atomic E-state index is 13.2. The van der Waals surface area contributed by atoms with Gasteiger partial charge in [0.05, 0.1) is 8.95 Å². The van der Waals surface area contributed by atoms with E-state index in [-0.39, 0.29) is 12.4 Å². The molecule has 0 fully saturated rings. The smallest absolute Gasteiger partial charge is 0.337 e. The van der Waals surface area contributed by atoms with Gasteiger partial charge < -0.3 is 10.1 Å². The van der Waals surface area contributed by atoms with Crippen molar-refractivity contribution in [2.24, 2.45) is 0 Å². The van der Waals surface area contributed by atoms with Gasteiger partial charge in [-0.2, -0.15) is 0 Å². The SMILES string of the molecule is Cc1ccc(NC(=O)NNC(=O)COc2c(Br)cc(F)cc2Br)cc1. The number of amides is 3. The Hall–Kier alpha value is -2.13. The van der Waals surface area contributed by atoms with Crippen molar-refractivity contribution in [3.8, 4) is 5.75 Å². The van der Waals surface area contributed by atoms with Crippen LogP contribution < -0.4 is 20.9 Å². The number of aryl methyl sites for hydroxylation is 1. The maximum atomic E-state index is 13.2. The number of benzene rings is 2. The van der Waals surface area contributed by atoms with Crippen LogP contribution in [0.5, 0.6) is 5.75 Å². The zero-order chi connectivity index (χ0) is 18.4. The predicted octanol–water partition coefficient (Wildman–Crippen LogP) is 3.89. The van der Waals surface area contributed by atoms with Crippen molar-refractivity contribution in [3.63, 3.8) is 0 Å². The van der Waals surface area contributed by atoms with Crippen LogP contribution in [0.15, 0.2) is 45.3 Å². The second-order valence-corrected chi connectivity index (χ2v) is 6.69. The molecule has 0 saturated carbocycles. The number of rotatable bonds is 4. The van der Waals surface area contributed by atoms with E-state index in [9.17, 15) is 14.0 Å². The lowest BCUT2D eigenvalue weighted by molar-refractivity contribution is -0.123. The molecule has 9 heteroatoms. The third-order valence-electron chi connectivity index (χ3n) is 2.94. The molecule has 3 N–H and O–H groups in total. The van der Waals surface area contributed by atoms with Crippen LogP contribution in [0.2, 0.25) is 0 Å². The van der Waals surface area contributed by atoms with Gasteiger partial charge in [0.1, 0.15) is 11.6 Å². The van der Waals surface area contributed by atoms with Gasteiger partial charge in [0.15, 0.2) is 6.61 Å². The van der Waals surface area contributed by atoms with Gasteiger partial charge in [-0.3, -0.25) is 10.2 Å². The van der Waals surface area contributed by atoms with Gasteiger partial charge in [-0.1, -0.05) is 17.7 Å². The second-order valence-electron chi connectivity index (χ2n) is 4.98. The van der Waals surface area contributed by atoms with Crippen molar-refractivity contribution in [2.75, 3.05) is 11.9 Å². The van der Waals surface area contributed by atoms with E-state index in [0.717, 1.165) is 5.56 Å². The Morgan fingerprint density at radius 1 is 1.08 bits per heavy atom. The van der Waals surface area contributed by atoms with Crippen LogP contribution >= 0.6 is 31.9 Å². The van der Waals surface area contributed by atoms with E-state index < -0.39 is 17.8 Å². The van der Waals surface area contributed by atoms with Crippen molar-refractivity contribution in [1.82, 2.24) is 10.9 Å². The molecule has 3 amide bonds. The van der Waals surface area contributed by atoms with E-state index in [1.165, 1.54) is 12.1 Å². The van der Waals surface area contributed by atoms with Gasteiger partial charge in [0.25, 0.3) is 5.91 Å². The van der Waals surface area contributed by atoms with E-state index in [4.69, 9.17) is 4.74 Å². The highest BCUT2D eigenvalue weighted by atomic mass is 79.9. The van der Waals surface area contributed by atoms with Gasteiger partial charge in [-0.05, 0) is 63.0 Å². The predicted molar refractivity (Wildman–Crippen MR) is 98.8 cm³/mol. The summed E-state index contributed by atoms with van der Waals surface area (Å²) in [5, 5.41) is 2.56. The summed E-state index contributed by atoms with van der Waals surface area (Å²) in [5.41, 5.74) is 6.07. The average Bonchev–Trinajstić information content (AvgIpc) is 2.54. The molecule has 2 aromatic rings. The number of carbonyl (C=O) groups is 2. The standard InChI is InChI=1S/C16H14Br2FN3O3/c1-9-2-4-11(5-3-9)20-16(24)22-21-14(23)8-25-15-12(17)6-10(19)7-13(15)18/h2-7H,8H2,1H3,(H,21,23)(H2,20,22,24). The molecule has 0 atom stereocenters. The van der Waals surface area contributed by atoms with Crippen LogP contribution in [-0.2, 0) is 4.79 Å². The topological polar surface area (TPSA) is 79.5 Å². The van der Waals surface area contributed by atoms with E-state index in [2.05, 4.69) is 48.0 Å². The van der Waals surface area contributed by atoms with E-state index >= 15 is 0 Å². The van der Waals surface area contributed by atoms with Gasteiger partial charge in [0.2, 0.25) is 0 Å². The van der Waals surface area contributed by atoms with Gasteiger partial charge in [-0.15, -0.1) is 0 Å². The lowest BCUT2D eigenvalue weighted by Gasteiger charge is -2.12. The molecular formula is C16H14Br2FN3O3. The Morgan fingerprint density at radius 2 is 1.68 bits per heavy atom. The summed E-state index contributed by atoms with van der Waals surface area (Å²) in [6.45, 7) is 1.57. The Kier molecular flexibility index (Phi) is 6.77. The molecule has 0 heterocycles. The Labute approximate surface area is 160 Å². The number of hydrogen-bond acceptors (Lipinski definition) is 3. The van der Waals surface area contributed by atoms with Crippen molar-refractivity contribution in [1.29, 1.82) is 0 Å². The van der Waals surface area contributed by atoms with Gasteiger partial charge in [0, 0.05) is 5.69 Å². The summed E-state index contributed by atoms with van der Waals surface area (Å²) in [7, 11) is 0. The van der Waals surface area contributed by atoms with Crippen LogP contribution in [0, 0.1) is 12.7 Å². The quantitative estimate of drug-likeness (QED) is 0.588. The third kappa shape index (κ3) is 6.02. The number of urea groups is 1. The number of halogens is 3. The monoisotopic (exact) mass is 473 g/mol. The zero-order valence-electron chi connectivity index (χ0n) is 13.0. The second kappa shape index (κ2) is 8.82. The maximum Gasteiger partial charge on any atom is 0.337 e. The van der Waals surface area contributed by atoms with E-state index in [1.807, 2.05) is 19.1 Å². The Balaban J connectivity index is 1.79. The molecule has 0 saturated heterocycles. The normalized spacial score (nSPS) is 10.1. The molecule has 0 aromatic heterocycles. The molecule has 0 aliphatic carbocycles. The van der Waals surface area contributed by atoms with E-state index in [1.54, 1.807) is 12.1 Å². The van der Waals surface area contributed by atoms with E-state index in [0.29, 0.717) is 14.6 Å². The highest BCUT2D eigenvalue weighted by Gasteiger charge is 2.12. The summed E-state index contributed by atoms with van der Waals surface area (Å²) >= 11 is 6.29. The van der Waals surface area contributed by atoms with Crippen LogP contribution in [0.25, 0.3) is 0 Å². The summed E-state index contributed by atoms with van der Waals surface area (Å²) in [6, 6.07) is 9.01. The number of carbonyl (C=O) groups excluding carboxylic acids is 2. The Morgan fingerprint density at radius 3 is 2.28 bits per heavy atom. The number of anilines is 1. The summed E-state index contributed by atoms with van der Waals surface area (Å²) < 4.78 is 19.2. The first-order valence-corrected chi connectivity index (χ1v) is 8.63. The molecule has 0 aliphatic rings. The summed E-state index contributed by atoms with van der Waals surface area (Å²) in [4.78, 5) is 23.4. The minimum absolute atomic E-state index is 0.278. The first kappa shape index (κ1) is 19.2. The first-order chi connectivity index (χ1) is 11.8. The summed E-state index contributed by atoms with van der Waals surface area (Å²) in [6.07, 6.45) is 0. The number of ether oxygens (including phenoxy) is 1. The molecule has 0 spiro atoms. The molecular weight excluding hydrogens is 461 g/mol. The number of hydrazine groups is 1. The minimum atomic E-state index is -0.596. The molecule has 2 aromatic carbocycles. The number of hydrogen-bond donors (Lipinski definition) is 3. The van der Waals surface area contributed by atoms with Crippen LogP contribution in [0.3, 0.4) is 0 Å². The van der Waals surface area contributed by atoms with Crippen LogP contribution in [0.1, 0.15) is 5.56 Å². The zero-order valence-corrected chi connectivity index (χ0v) is 16.2. The fourth-order valence-corrected chi connectivity index (χ4v) is 3.13. The fraction of sp³-hybridized carbons (Fsp3) is 0.125. The Bertz CT molecular complexity index is 762. The molecule has 0 aliphatic heterocycles. The molecule has 0 radical (unpaired) electrons. The highest BCUT2D eigenvalue weighted by molar-refractivity contribution is 9.11. The molecule has 132 valence electrons. The van der Waals surface area contributed by atoms with Gasteiger partial charge in [-0.25, -0.2) is 14.6 Å². The highest BCUT2D eigenvalue weighted by Crippen LogP contribution is 2.34. The van der Waals surface area contributed by atoms with Gasteiger partial charge >= 0.3 is 6.03 Å². The van der Waals surface area contributed by atoms with Crippen molar-refractivity contribution in [2.45, 2.75) is 6.92 Å². The van der Waals surface area contributed by atoms with Crippen molar-refractivity contribution >= 4 is 49.5 Å². The first-order valence-electron chi connectivity index (χ1n) is 7.05. The van der Waals surface area contributed by atoms with Crippen LogP contribution in [0.4, 0.5) is 14.9 Å². The average molecular weight is 475 g/mol. The molecule has 25 heavy (non-hydrogen) atoms. The van der Waals surface area contributed by atoms with Crippen molar-refractivity contribution < 1.29 is 18.7 Å². The lowest BCUT2D eigenvalue weighted by Crippen LogP contribution is -2.45. The molecule has 2 rings (SSSR count). The molecule has 6 nitrogen and oxygen atoms in total. The van der Waals surface area contributed by atoms with Crippen molar-refractivity contribution in [3.05, 3.63) is 56.7 Å². The lowest BCUT2D eigenvalue weighted by atomic mass is 10.2.